The highest BCUT2D eigenvalue weighted by Crippen LogP contribution is 1.99. The summed E-state index contributed by atoms with van der Waals surface area (Å²) < 4.78 is 24.1. The number of hydrogen-bond acceptors (Lipinski definition) is 4. The first kappa shape index (κ1) is 7.26. The van der Waals surface area contributed by atoms with Crippen LogP contribution < -0.4 is 0 Å². The quantitative estimate of drug-likeness (QED) is 0.518. The van der Waals surface area contributed by atoms with Crippen molar-refractivity contribution < 1.29 is 12.0 Å². The summed E-state index contributed by atoms with van der Waals surface area (Å²) >= 11 is 0.821. The molecule has 0 spiro atoms. The number of hydrogen-bond donors (Lipinski definition) is 0. The molecular formula is C2H6O3S2. The molecule has 5 heteroatoms. The van der Waals surface area contributed by atoms with Crippen LogP contribution in [-0.2, 0) is 13.7 Å². The largest absolute Gasteiger partial charge is 0.275 e. The van der Waals surface area contributed by atoms with Crippen LogP contribution >= 0.6 is 12.0 Å². The molecule has 0 rings (SSSR count). The third-order valence-corrected chi connectivity index (χ3v) is 1.72. The molecule has 0 bridgehead atoms. The standard InChI is InChI=1S/C2H6O3S2/c1-6-5-7(2,3)4/h1-2H3. The summed E-state index contributed by atoms with van der Waals surface area (Å²) in [5.74, 6) is 0. The fourth-order valence-corrected chi connectivity index (χ4v) is 1.11. The highest BCUT2D eigenvalue weighted by Gasteiger charge is 1.96. The Bertz CT molecular complexity index is 124. The lowest BCUT2D eigenvalue weighted by Crippen LogP contribution is -1.93. The monoisotopic (exact) mass is 142 g/mol. The van der Waals surface area contributed by atoms with Crippen LogP contribution in [0.15, 0.2) is 0 Å². The molecule has 0 aromatic rings. The molecule has 0 amide bonds. The van der Waals surface area contributed by atoms with Gasteiger partial charge in [-0.1, -0.05) is 0 Å². The molecule has 0 aliphatic heterocycles. The molecule has 0 aromatic heterocycles. The minimum atomic E-state index is -3.21. The predicted octanol–water partition coefficient (Wildman–Crippen LogP) is 0.241. The van der Waals surface area contributed by atoms with Gasteiger partial charge in [0.1, 0.15) is 0 Å². The fourth-order valence-electron chi connectivity index (χ4n) is 0.124. The Hall–Kier alpha value is 0.260. The second kappa shape index (κ2) is 2.54. The third kappa shape index (κ3) is 6.26. The van der Waals surface area contributed by atoms with Crippen LogP contribution in [0.2, 0.25) is 0 Å². The van der Waals surface area contributed by atoms with E-state index in [1.807, 2.05) is 0 Å². The zero-order valence-electron chi connectivity index (χ0n) is 4.04. The summed E-state index contributed by atoms with van der Waals surface area (Å²) in [4.78, 5) is 0. The minimum absolute atomic E-state index is 0.821. The molecule has 0 aliphatic rings. The highest BCUT2D eigenvalue weighted by molar-refractivity contribution is 8.03. The Morgan fingerprint density at radius 2 is 2.00 bits per heavy atom. The Morgan fingerprint density at radius 3 is 2.00 bits per heavy atom. The summed E-state index contributed by atoms with van der Waals surface area (Å²) in [5, 5.41) is 0. The molecule has 7 heavy (non-hydrogen) atoms. The van der Waals surface area contributed by atoms with E-state index in [4.69, 9.17) is 0 Å². The molecule has 44 valence electrons. The van der Waals surface area contributed by atoms with E-state index in [2.05, 4.69) is 3.63 Å². The second-order valence-corrected chi connectivity index (χ2v) is 3.22. The van der Waals surface area contributed by atoms with Crippen LogP contribution in [0.3, 0.4) is 0 Å². The first-order valence-electron chi connectivity index (χ1n) is 1.48. The van der Waals surface area contributed by atoms with Gasteiger partial charge >= 0.3 is 0 Å². The van der Waals surface area contributed by atoms with Crippen LogP contribution in [0.1, 0.15) is 0 Å². The van der Waals surface area contributed by atoms with Gasteiger partial charge in [0.25, 0.3) is 10.1 Å². The molecular weight excluding hydrogens is 136 g/mol. The van der Waals surface area contributed by atoms with Gasteiger partial charge in [-0.05, 0) is 0 Å². The highest BCUT2D eigenvalue weighted by atomic mass is 32.3. The summed E-state index contributed by atoms with van der Waals surface area (Å²) in [6.07, 6.45) is 2.55. The van der Waals surface area contributed by atoms with Gasteiger partial charge in [-0.2, -0.15) is 12.0 Å². The molecule has 0 heterocycles. The molecule has 0 N–H and O–H groups in total. The molecule has 0 saturated carbocycles. The lowest BCUT2D eigenvalue weighted by atomic mass is 12.0. The molecule has 0 saturated heterocycles. The van der Waals surface area contributed by atoms with Crippen molar-refractivity contribution in [2.45, 2.75) is 0 Å². The zero-order valence-corrected chi connectivity index (χ0v) is 5.67. The predicted molar refractivity (Wildman–Crippen MR) is 29.4 cm³/mol. The van der Waals surface area contributed by atoms with Crippen LogP contribution in [0, 0.1) is 0 Å². The van der Waals surface area contributed by atoms with E-state index in [-0.39, 0.29) is 0 Å². The Labute approximate surface area is 47.4 Å². The van der Waals surface area contributed by atoms with Gasteiger partial charge in [0.15, 0.2) is 0 Å². The average Bonchev–Trinajstić information content (AvgIpc) is 1.30. The molecule has 0 radical (unpaired) electrons. The smallest absolute Gasteiger partial charge is 0.199 e. The van der Waals surface area contributed by atoms with Crippen molar-refractivity contribution in [3.05, 3.63) is 0 Å². The van der Waals surface area contributed by atoms with Crippen molar-refractivity contribution in [3.8, 4) is 0 Å². The van der Waals surface area contributed by atoms with Gasteiger partial charge < -0.3 is 0 Å². The van der Waals surface area contributed by atoms with Gasteiger partial charge in [-0.15, -0.1) is 0 Å². The van der Waals surface area contributed by atoms with Crippen LogP contribution in [0.25, 0.3) is 0 Å². The average molecular weight is 142 g/mol. The molecule has 0 unspecified atom stereocenters. The van der Waals surface area contributed by atoms with Crippen molar-refractivity contribution in [2.24, 2.45) is 0 Å². The van der Waals surface area contributed by atoms with Crippen molar-refractivity contribution in [1.29, 1.82) is 0 Å². The lowest BCUT2D eigenvalue weighted by Gasteiger charge is -1.88. The Morgan fingerprint density at radius 1 is 1.57 bits per heavy atom. The fraction of sp³-hybridized carbons (Fsp3) is 1.00. The van der Waals surface area contributed by atoms with Gasteiger partial charge in [0.05, 0.1) is 6.26 Å². The summed E-state index contributed by atoms with van der Waals surface area (Å²) in [6, 6.07) is 0. The van der Waals surface area contributed by atoms with E-state index >= 15 is 0 Å². The Kier molecular flexibility index (Phi) is 2.63. The van der Waals surface area contributed by atoms with Crippen molar-refractivity contribution in [2.75, 3.05) is 12.5 Å². The van der Waals surface area contributed by atoms with Gasteiger partial charge in [-0.25, -0.2) is 0 Å². The molecule has 0 aromatic carbocycles. The van der Waals surface area contributed by atoms with Crippen molar-refractivity contribution in [1.82, 2.24) is 0 Å². The van der Waals surface area contributed by atoms with Gasteiger partial charge in [0.2, 0.25) is 0 Å². The SMILES string of the molecule is CSOS(C)(=O)=O. The van der Waals surface area contributed by atoms with Crippen LogP contribution in [-0.4, -0.2) is 20.9 Å². The van der Waals surface area contributed by atoms with E-state index in [0.29, 0.717) is 0 Å². The summed E-state index contributed by atoms with van der Waals surface area (Å²) in [6.45, 7) is 0. The normalized spacial score (nSPS) is 11.7. The van der Waals surface area contributed by atoms with Gasteiger partial charge in [-0.3, -0.25) is 0 Å². The van der Waals surface area contributed by atoms with Crippen molar-refractivity contribution in [3.63, 3.8) is 0 Å². The maximum absolute atomic E-state index is 9.99. The maximum Gasteiger partial charge on any atom is 0.275 e. The minimum Gasteiger partial charge on any atom is -0.199 e. The first-order chi connectivity index (χ1) is 3.06. The summed E-state index contributed by atoms with van der Waals surface area (Å²) in [5.41, 5.74) is 0. The van der Waals surface area contributed by atoms with Gasteiger partial charge in [0, 0.05) is 18.3 Å². The van der Waals surface area contributed by atoms with Crippen LogP contribution in [0.4, 0.5) is 0 Å². The topological polar surface area (TPSA) is 43.4 Å². The first-order valence-corrected chi connectivity index (χ1v) is 4.45. The molecule has 3 nitrogen and oxygen atoms in total. The number of rotatable bonds is 2. The van der Waals surface area contributed by atoms with Crippen molar-refractivity contribution >= 4 is 22.2 Å². The van der Waals surface area contributed by atoms with E-state index < -0.39 is 10.1 Å². The van der Waals surface area contributed by atoms with E-state index in [0.717, 1.165) is 18.3 Å². The second-order valence-electron chi connectivity index (χ2n) is 0.939. The molecule has 0 fully saturated rings. The molecule has 0 aliphatic carbocycles. The third-order valence-electron chi connectivity index (χ3n) is 0.192. The zero-order chi connectivity index (χ0) is 5.91. The van der Waals surface area contributed by atoms with E-state index in [1.165, 1.54) is 0 Å². The van der Waals surface area contributed by atoms with E-state index in [9.17, 15) is 8.42 Å². The Balaban J connectivity index is 3.60. The van der Waals surface area contributed by atoms with E-state index in [1.54, 1.807) is 6.26 Å². The molecule has 0 atom stereocenters. The lowest BCUT2D eigenvalue weighted by molar-refractivity contribution is 0.526. The van der Waals surface area contributed by atoms with Crippen LogP contribution in [0.5, 0.6) is 0 Å². The summed E-state index contributed by atoms with van der Waals surface area (Å²) in [7, 11) is -3.21. The maximum atomic E-state index is 9.99.